The molecule has 0 saturated carbocycles. The van der Waals surface area contributed by atoms with Crippen LogP contribution in [0.2, 0.25) is 0 Å². The molecule has 0 aromatic carbocycles. The van der Waals surface area contributed by atoms with Gasteiger partial charge in [0.05, 0.1) is 10.6 Å². The fraction of sp³-hybridized carbons (Fsp3) is 0.500. The Morgan fingerprint density at radius 1 is 1.40 bits per heavy atom. The molecule has 25 heavy (non-hydrogen) atoms. The van der Waals surface area contributed by atoms with E-state index < -0.39 is 0 Å². The third-order valence-corrected chi connectivity index (χ3v) is 6.06. The summed E-state index contributed by atoms with van der Waals surface area (Å²) in [6.07, 6.45) is 1.64. The van der Waals surface area contributed by atoms with Crippen LogP contribution in [-0.4, -0.2) is 27.3 Å². The number of aryl methyl sites for hydroxylation is 2. The molecular formula is C18H25N3O2S2. The SMILES string of the molecule is C=CCNC(=O)[C@@H](C)Sc1nc2sc(C)c(C)c2c(=O)n1CC(C)C. The predicted octanol–water partition coefficient (Wildman–Crippen LogP) is 3.51. The van der Waals surface area contributed by atoms with E-state index in [9.17, 15) is 9.59 Å². The van der Waals surface area contributed by atoms with Gasteiger partial charge in [-0.15, -0.1) is 17.9 Å². The van der Waals surface area contributed by atoms with Crippen molar-refractivity contribution in [3.63, 3.8) is 0 Å². The van der Waals surface area contributed by atoms with Gasteiger partial charge in [-0.3, -0.25) is 14.2 Å². The maximum atomic E-state index is 13.0. The van der Waals surface area contributed by atoms with Crippen LogP contribution in [0.3, 0.4) is 0 Å². The Kier molecular flexibility index (Phi) is 6.46. The minimum atomic E-state index is -0.343. The number of nitrogens with zero attached hydrogens (tertiary/aromatic N) is 2. The number of rotatable bonds is 7. The highest BCUT2D eigenvalue weighted by molar-refractivity contribution is 8.00. The van der Waals surface area contributed by atoms with E-state index >= 15 is 0 Å². The zero-order valence-electron chi connectivity index (χ0n) is 15.4. The summed E-state index contributed by atoms with van der Waals surface area (Å²) in [5.74, 6) is 0.218. The molecular weight excluding hydrogens is 354 g/mol. The second kappa shape index (κ2) is 8.19. The van der Waals surface area contributed by atoms with Crippen LogP contribution >= 0.6 is 23.1 Å². The Morgan fingerprint density at radius 3 is 2.68 bits per heavy atom. The fourth-order valence-electron chi connectivity index (χ4n) is 2.45. The number of carbonyl (C=O) groups is 1. The average Bonchev–Trinajstić information content (AvgIpc) is 2.82. The molecule has 1 amide bonds. The number of nitrogens with one attached hydrogen (secondary N) is 1. The van der Waals surface area contributed by atoms with Crippen LogP contribution in [0, 0.1) is 19.8 Å². The molecule has 7 heteroatoms. The van der Waals surface area contributed by atoms with Crippen molar-refractivity contribution in [3.05, 3.63) is 33.4 Å². The Labute approximate surface area is 156 Å². The van der Waals surface area contributed by atoms with Gasteiger partial charge in [-0.2, -0.15) is 0 Å². The fourth-order valence-corrected chi connectivity index (χ4v) is 4.47. The van der Waals surface area contributed by atoms with E-state index in [-0.39, 0.29) is 16.7 Å². The number of thioether (sulfide) groups is 1. The predicted molar refractivity (Wildman–Crippen MR) is 107 cm³/mol. The van der Waals surface area contributed by atoms with Crippen LogP contribution in [0.5, 0.6) is 0 Å². The Morgan fingerprint density at radius 2 is 2.08 bits per heavy atom. The summed E-state index contributed by atoms with van der Waals surface area (Å²) in [4.78, 5) is 31.8. The van der Waals surface area contributed by atoms with E-state index in [1.54, 1.807) is 10.6 Å². The number of hydrogen-bond acceptors (Lipinski definition) is 5. The van der Waals surface area contributed by atoms with Crippen molar-refractivity contribution in [2.75, 3.05) is 6.54 Å². The van der Waals surface area contributed by atoms with Crippen LogP contribution < -0.4 is 10.9 Å². The monoisotopic (exact) mass is 379 g/mol. The third kappa shape index (κ3) is 4.33. The quantitative estimate of drug-likeness (QED) is 0.454. The summed E-state index contributed by atoms with van der Waals surface area (Å²) in [6, 6.07) is 0. The van der Waals surface area contributed by atoms with Crippen LogP contribution in [0.1, 0.15) is 31.2 Å². The maximum absolute atomic E-state index is 13.0. The number of aromatic nitrogens is 2. The average molecular weight is 380 g/mol. The van der Waals surface area contributed by atoms with Gasteiger partial charge in [-0.1, -0.05) is 31.7 Å². The van der Waals surface area contributed by atoms with Crippen LogP contribution in [0.4, 0.5) is 0 Å². The molecule has 0 saturated heterocycles. The van der Waals surface area contributed by atoms with Gasteiger partial charge in [-0.05, 0) is 32.3 Å². The summed E-state index contributed by atoms with van der Waals surface area (Å²) in [5, 5.41) is 3.75. The highest BCUT2D eigenvalue weighted by Crippen LogP contribution is 2.30. The molecule has 0 aliphatic carbocycles. The molecule has 1 atom stereocenters. The van der Waals surface area contributed by atoms with Gasteiger partial charge in [0.25, 0.3) is 5.56 Å². The number of thiophene rings is 1. The summed E-state index contributed by atoms with van der Waals surface area (Å²) in [5.41, 5.74) is 0.991. The van der Waals surface area contributed by atoms with E-state index in [1.165, 1.54) is 23.1 Å². The van der Waals surface area contributed by atoms with Gasteiger partial charge in [0.1, 0.15) is 4.83 Å². The van der Waals surface area contributed by atoms with Crippen molar-refractivity contribution in [1.29, 1.82) is 0 Å². The van der Waals surface area contributed by atoms with Gasteiger partial charge in [0.2, 0.25) is 5.91 Å². The molecule has 5 nitrogen and oxygen atoms in total. The van der Waals surface area contributed by atoms with E-state index in [2.05, 4.69) is 25.7 Å². The number of amides is 1. The van der Waals surface area contributed by atoms with Gasteiger partial charge < -0.3 is 5.32 Å². The highest BCUT2D eigenvalue weighted by Gasteiger charge is 2.21. The number of carbonyl (C=O) groups excluding carboxylic acids is 1. The molecule has 2 aromatic rings. The first-order valence-electron chi connectivity index (χ1n) is 8.32. The first-order valence-corrected chi connectivity index (χ1v) is 10.0. The minimum Gasteiger partial charge on any atom is -0.352 e. The molecule has 2 aromatic heterocycles. The van der Waals surface area contributed by atoms with Crippen molar-refractivity contribution in [2.24, 2.45) is 5.92 Å². The molecule has 0 radical (unpaired) electrons. The molecule has 0 spiro atoms. The lowest BCUT2D eigenvalue weighted by Gasteiger charge is -2.16. The first kappa shape index (κ1) is 19.7. The second-order valence-corrected chi connectivity index (χ2v) is 8.97. The molecule has 2 rings (SSSR count). The Bertz CT molecular complexity index is 852. The summed E-state index contributed by atoms with van der Waals surface area (Å²) in [6.45, 7) is 14.5. The number of fused-ring (bicyclic) bond motifs is 1. The Balaban J connectivity index is 2.48. The standard InChI is InChI=1S/C18H25N3O2S2/c1-7-8-19-15(22)13(6)25-18-20-16-14(11(4)12(5)24-16)17(23)21(18)9-10(2)3/h7,10,13H,1,8-9H2,2-6H3,(H,19,22)/t13-/m1/s1. The molecule has 1 N–H and O–H groups in total. The molecule has 2 heterocycles. The molecule has 0 aliphatic rings. The highest BCUT2D eigenvalue weighted by atomic mass is 32.2. The van der Waals surface area contributed by atoms with E-state index in [4.69, 9.17) is 4.98 Å². The van der Waals surface area contributed by atoms with E-state index in [1.807, 2.05) is 20.8 Å². The lowest BCUT2D eigenvalue weighted by atomic mass is 10.2. The lowest BCUT2D eigenvalue weighted by Crippen LogP contribution is -2.32. The number of hydrogen-bond donors (Lipinski definition) is 1. The topological polar surface area (TPSA) is 64.0 Å². The lowest BCUT2D eigenvalue weighted by molar-refractivity contribution is -0.120. The van der Waals surface area contributed by atoms with Gasteiger partial charge in [0, 0.05) is 18.0 Å². The van der Waals surface area contributed by atoms with Gasteiger partial charge in [0.15, 0.2) is 5.16 Å². The van der Waals surface area contributed by atoms with E-state index in [0.29, 0.717) is 29.6 Å². The Hall–Kier alpha value is -1.60. The van der Waals surface area contributed by atoms with Crippen LogP contribution in [0.25, 0.3) is 10.2 Å². The summed E-state index contributed by atoms with van der Waals surface area (Å²) in [7, 11) is 0. The van der Waals surface area contributed by atoms with E-state index in [0.717, 1.165) is 15.3 Å². The summed E-state index contributed by atoms with van der Waals surface area (Å²) < 4.78 is 1.72. The second-order valence-electron chi connectivity index (χ2n) is 6.46. The third-order valence-electron chi connectivity index (χ3n) is 3.87. The van der Waals surface area contributed by atoms with Crippen molar-refractivity contribution < 1.29 is 4.79 Å². The zero-order valence-corrected chi connectivity index (χ0v) is 17.0. The van der Waals surface area contributed by atoms with Crippen molar-refractivity contribution >= 4 is 39.2 Å². The van der Waals surface area contributed by atoms with Gasteiger partial charge >= 0.3 is 0 Å². The smallest absolute Gasteiger partial charge is 0.263 e. The molecule has 0 bridgehead atoms. The van der Waals surface area contributed by atoms with Crippen LogP contribution in [0.15, 0.2) is 22.6 Å². The maximum Gasteiger partial charge on any atom is 0.263 e. The zero-order chi connectivity index (χ0) is 18.7. The van der Waals surface area contributed by atoms with Crippen molar-refractivity contribution in [1.82, 2.24) is 14.9 Å². The molecule has 136 valence electrons. The van der Waals surface area contributed by atoms with Crippen molar-refractivity contribution in [3.8, 4) is 0 Å². The largest absolute Gasteiger partial charge is 0.352 e. The minimum absolute atomic E-state index is 0.0123. The molecule has 0 fully saturated rings. The normalized spacial score (nSPS) is 12.6. The van der Waals surface area contributed by atoms with Crippen LogP contribution in [-0.2, 0) is 11.3 Å². The molecule has 0 aliphatic heterocycles. The summed E-state index contributed by atoms with van der Waals surface area (Å²) >= 11 is 2.86. The van der Waals surface area contributed by atoms with Gasteiger partial charge in [-0.25, -0.2) is 4.98 Å². The van der Waals surface area contributed by atoms with Crippen molar-refractivity contribution in [2.45, 2.75) is 51.6 Å². The first-order chi connectivity index (χ1) is 11.8. The molecule has 0 unspecified atom stereocenters.